The zero-order valence-corrected chi connectivity index (χ0v) is 11.6. The second kappa shape index (κ2) is 5.92. The first-order chi connectivity index (χ1) is 9.96. The molecule has 0 saturated heterocycles. The normalized spacial score (nSPS) is 16.4. The molecule has 1 amide bonds. The zero-order valence-electron chi connectivity index (χ0n) is 11.6. The van der Waals surface area contributed by atoms with E-state index in [0.29, 0.717) is 0 Å². The van der Waals surface area contributed by atoms with E-state index in [1.807, 2.05) is 0 Å². The molecule has 1 fully saturated rings. The van der Waals surface area contributed by atoms with E-state index in [1.165, 1.54) is 18.2 Å². The number of amides is 1. The molecule has 0 aliphatic heterocycles. The van der Waals surface area contributed by atoms with E-state index in [2.05, 4.69) is 11.4 Å². The molecule has 21 heavy (non-hydrogen) atoms. The van der Waals surface area contributed by atoms with Crippen LogP contribution in [0, 0.1) is 23.1 Å². The van der Waals surface area contributed by atoms with Crippen LogP contribution in [0.2, 0.25) is 0 Å². The number of esters is 1. The molecule has 1 atom stereocenters. The van der Waals surface area contributed by atoms with Gasteiger partial charge in [-0.3, -0.25) is 4.79 Å². The summed E-state index contributed by atoms with van der Waals surface area (Å²) in [6, 6.07) is 7.43. The van der Waals surface area contributed by atoms with Gasteiger partial charge in [0.2, 0.25) is 0 Å². The van der Waals surface area contributed by atoms with Gasteiger partial charge in [-0.1, -0.05) is 12.1 Å². The van der Waals surface area contributed by atoms with Crippen molar-refractivity contribution < 1.29 is 18.7 Å². The predicted molar refractivity (Wildman–Crippen MR) is 71.6 cm³/mol. The molecule has 0 aromatic heterocycles. The number of nitrogens with zero attached hydrogens (tertiary/aromatic N) is 1. The van der Waals surface area contributed by atoms with Crippen molar-refractivity contribution in [2.75, 3.05) is 6.61 Å². The quantitative estimate of drug-likeness (QED) is 0.838. The fourth-order valence-electron chi connectivity index (χ4n) is 2.04. The second-order valence-electron chi connectivity index (χ2n) is 5.19. The van der Waals surface area contributed by atoms with E-state index < -0.39 is 29.8 Å². The van der Waals surface area contributed by atoms with Gasteiger partial charge in [0.05, 0.1) is 11.6 Å². The number of halogens is 1. The Morgan fingerprint density at radius 1 is 1.48 bits per heavy atom. The van der Waals surface area contributed by atoms with Gasteiger partial charge in [0.15, 0.2) is 6.61 Å². The summed E-state index contributed by atoms with van der Waals surface area (Å²) in [5.41, 5.74) is -1.17. The maximum Gasteiger partial charge on any atom is 0.341 e. The van der Waals surface area contributed by atoms with Gasteiger partial charge >= 0.3 is 5.97 Å². The first-order valence-electron chi connectivity index (χ1n) is 6.60. The highest BCUT2D eigenvalue weighted by Gasteiger charge is 2.43. The molecule has 1 aromatic carbocycles. The molecule has 1 aliphatic rings. The van der Waals surface area contributed by atoms with Crippen molar-refractivity contribution >= 4 is 11.9 Å². The Kier molecular flexibility index (Phi) is 4.22. The maximum atomic E-state index is 13.4. The third-order valence-corrected chi connectivity index (χ3v) is 3.45. The molecular weight excluding hydrogens is 275 g/mol. The fourth-order valence-corrected chi connectivity index (χ4v) is 2.04. The minimum atomic E-state index is -0.943. The van der Waals surface area contributed by atoms with Gasteiger partial charge in [0.25, 0.3) is 5.91 Å². The molecule has 2 rings (SSSR count). The van der Waals surface area contributed by atoms with Gasteiger partial charge in [-0.15, -0.1) is 0 Å². The molecule has 0 heterocycles. The number of carbonyl (C=O) groups is 2. The average Bonchev–Trinajstić information content (AvgIpc) is 3.30. The predicted octanol–water partition coefficient (Wildman–Crippen LogP) is 1.79. The largest absolute Gasteiger partial charge is 0.452 e. The highest BCUT2D eigenvalue weighted by molar-refractivity contribution is 5.91. The SMILES string of the molecule is C[C@@](C#N)(NC(=O)COC(=O)c1ccccc1F)C1CC1. The Morgan fingerprint density at radius 2 is 2.14 bits per heavy atom. The van der Waals surface area contributed by atoms with Gasteiger partial charge in [-0.2, -0.15) is 5.26 Å². The molecule has 0 spiro atoms. The van der Waals surface area contributed by atoms with Gasteiger partial charge in [-0.05, 0) is 37.8 Å². The lowest BCUT2D eigenvalue weighted by molar-refractivity contribution is -0.125. The van der Waals surface area contributed by atoms with Crippen LogP contribution >= 0.6 is 0 Å². The second-order valence-corrected chi connectivity index (χ2v) is 5.19. The summed E-state index contributed by atoms with van der Waals surface area (Å²) in [4.78, 5) is 23.4. The smallest absolute Gasteiger partial charge is 0.341 e. The fraction of sp³-hybridized carbons (Fsp3) is 0.400. The van der Waals surface area contributed by atoms with Crippen LogP contribution in [0.4, 0.5) is 4.39 Å². The third-order valence-electron chi connectivity index (χ3n) is 3.45. The van der Waals surface area contributed by atoms with Crippen molar-refractivity contribution in [3.05, 3.63) is 35.6 Å². The Morgan fingerprint density at radius 3 is 2.71 bits per heavy atom. The zero-order chi connectivity index (χ0) is 15.5. The summed E-state index contributed by atoms with van der Waals surface area (Å²) < 4.78 is 18.1. The van der Waals surface area contributed by atoms with Crippen LogP contribution in [-0.4, -0.2) is 24.0 Å². The van der Waals surface area contributed by atoms with E-state index in [0.717, 1.165) is 18.9 Å². The standard InChI is InChI=1S/C15H15FN2O3/c1-15(9-17,10-6-7-10)18-13(19)8-21-14(20)11-4-2-3-5-12(11)16/h2-5,10H,6-8H2,1H3,(H,18,19)/t15-/m0/s1. The first kappa shape index (κ1) is 15.0. The number of rotatable bonds is 5. The van der Waals surface area contributed by atoms with Crippen LogP contribution in [0.3, 0.4) is 0 Å². The van der Waals surface area contributed by atoms with Crippen molar-refractivity contribution in [2.24, 2.45) is 5.92 Å². The minimum absolute atomic E-state index is 0.133. The third kappa shape index (κ3) is 3.57. The first-order valence-corrected chi connectivity index (χ1v) is 6.60. The minimum Gasteiger partial charge on any atom is -0.452 e. The lowest BCUT2D eigenvalue weighted by atomic mass is 9.98. The van der Waals surface area contributed by atoms with Crippen LogP contribution < -0.4 is 5.32 Å². The molecular formula is C15H15FN2O3. The van der Waals surface area contributed by atoms with Crippen LogP contribution in [0.5, 0.6) is 0 Å². The Hall–Kier alpha value is -2.42. The summed E-state index contributed by atoms with van der Waals surface area (Å²) >= 11 is 0. The molecule has 110 valence electrons. The molecule has 0 bridgehead atoms. The van der Waals surface area contributed by atoms with E-state index in [9.17, 15) is 14.0 Å². The van der Waals surface area contributed by atoms with Crippen molar-refractivity contribution in [1.29, 1.82) is 5.26 Å². The Balaban J connectivity index is 1.88. The molecule has 0 unspecified atom stereocenters. The summed E-state index contributed by atoms with van der Waals surface area (Å²) in [5.74, 6) is -2.06. The average molecular weight is 290 g/mol. The van der Waals surface area contributed by atoms with E-state index >= 15 is 0 Å². The highest BCUT2D eigenvalue weighted by atomic mass is 19.1. The Labute approximate surface area is 121 Å². The topological polar surface area (TPSA) is 79.2 Å². The lowest BCUT2D eigenvalue weighted by Crippen LogP contribution is -2.48. The molecule has 1 saturated carbocycles. The number of hydrogen-bond donors (Lipinski definition) is 1. The number of carbonyl (C=O) groups excluding carboxylic acids is 2. The molecule has 1 N–H and O–H groups in total. The monoisotopic (exact) mass is 290 g/mol. The van der Waals surface area contributed by atoms with Crippen LogP contribution in [-0.2, 0) is 9.53 Å². The molecule has 6 heteroatoms. The number of benzene rings is 1. The maximum absolute atomic E-state index is 13.4. The van der Waals surface area contributed by atoms with Crippen LogP contribution in [0.25, 0.3) is 0 Å². The molecule has 5 nitrogen and oxygen atoms in total. The van der Waals surface area contributed by atoms with Gasteiger partial charge < -0.3 is 10.1 Å². The number of ether oxygens (including phenoxy) is 1. The lowest BCUT2D eigenvalue weighted by Gasteiger charge is -2.22. The van der Waals surface area contributed by atoms with Crippen molar-refractivity contribution in [3.8, 4) is 6.07 Å². The summed E-state index contributed by atoms with van der Waals surface area (Å²) in [6.45, 7) is 1.10. The summed E-state index contributed by atoms with van der Waals surface area (Å²) in [7, 11) is 0. The van der Waals surface area contributed by atoms with Crippen molar-refractivity contribution in [3.63, 3.8) is 0 Å². The molecule has 1 aromatic rings. The number of nitrogens with one attached hydrogen (secondary N) is 1. The van der Waals surface area contributed by atoms with E-state index in [4.69, 9.17) is 10.00 Å². The number of nitriles is 1. The van der Waals surface area contributed by atoms with Crippen molar-refractivity contribution in [2.45, 2.75) is 25.3 Å². The van der Waals surface area contributed by atoms with Gasteiger partial charge in [-0.25, -0.2) is 9.18 Å². The van der Waals surface area contributed by atoms with E-state index in [-0.39, 0.29) is 11.5 Å². The molecule has 1 aliphatic carbocycles. The molecule has 0 radical (unpaired) electrons. The van der Waals surface area contributed by atoms with Gasteiger partial charge in [0, 0.05) is 0 Å². The van der Waals surface area contributed by atoms with Crippen LogP contribution in [0.15, 0.2) is 24.3 Å². The van der Waals surface area contributed by atoms with E-state index in [1.54, 1.807) is 6.92 Å². The number of hydrogen-bond acceptors (Lipinski definition) is 4. The highest BCUT2D eigenvalue weighted by Crippen LogP contribution is 2.39. The van der Waals surface area contributed by atoms with Gasteiger partial charge in [0.1, 0.15) is 11.4 Å². The van der Waals surface area contributed by atoms with Crippen molar-refractivity contribution in [1.82, 2.24) is 5.32 Å². The summed E-state index contributed by atoms with van der Waals surface area (Å²) in [6.07, 6.45) is 1.78. The summed E-state index contributed by atoms with van der Waals surface area (Å²) in [5, 5.41) is 11.7. The Bertz CT molecular complexity index is 607. The van der Waals surface area contributed by atoms with Crippen LogP contribution in [0.1, 0.15) is 30.1 Å².